The summed E-state index contributed by atoms with van der Waals surface area (Å²) >= 11 is 0. The van der Waals surface area contributed by atoms with Crippen molar-refractivity contribution >= 4 is 22.6 Å². The zero-order valence-electron chi connectivity index (χ0n) is 24.0. The number of carbonyl (C=O) groups excluding carboxylic acids is 1. The summed E-state index contributed by atoms with van der Waals surface area (Å²) in [6.45, 7) is 15.7. The zero-order valence-corrected chi connectivity index (χ0v) is 24.0. The second-order valence-electron chi connectivity index (χ2n) is 10.3. The van der Waals surface area contributed by atoms with Crippen LogP contribution in [0.1, 0.15) is 38.1 Å². The summed E-state index contributed by atoms with van der Waals surface area (Å²) in [4.78, 5) is 20.5. The normalized spacial score (nSPS) is 14.2. The first-order valence-electron chi connectivity index (χ1n) is 14.4. The van der Waals surface area contributed by atoms with Crippen LogP contribution in [0.15, 0.2) is 65.1 Å². The molecule has 2 aliphatic heterocycles. The number of carbonyl (C=O) groups is 1. The van der Waals surface area contributed by atoms with E-state index in [0.29, 0.717) is 0 Å². The predicted molar refractivity (Wildman–Crippen MR) is 162 cm³/mol. The van der Waals surface area contributed by atoms with Gasteiger partial charge in [0.25, 0.3) is 5.91 Å². The van der Waals surface area contributed by atoms with Crippen molar-refractivity contribution in [3.63, 3.8) is 0 Å². The van der Waals surface area contributed by atoms with E-state index in [9.17, 15) is 4.79 Å². The van der Waals surface area contributed by atoms with Gasteiger partial charge in [-0.25, -0.2) is 4.58 Å². The number of anilines is 1. The molecule has 0 N–H and O–H groups in total. The third kappa shape index (κ3) is 5.18. The van der Waals surface area contributed by atoms with Crippen LogP contribution in [0.2, 0.25) is 0 Å². The van der Waals surface area contributed by atoms with Crippen molar-refractivity contribution in [1.82, 2.24) is 14.4 Å². The van der Waals surface area contributed by atoms with E-state index in [1.54, 1.807) is 0 Å². The Balaban J connectivity index is 1.77. The molecule has 0 spiro atoms. The molecule has 1 aliphatic carbocycles. The van der Waals surface area contributed by atoms with Crippen LogP contribution >= 0.6 is 0 Å². The Labute approximate surface area is 232 Å². The highest BCUT2D eigenvalue weighted by molar-refractivity contribution is 6.09. The van der Waals surface area contributed by atoms with Crippen LogP contribution < -0.4 is 14.8 Å². The summed E-state index contributed by atoms with van der Waals surface area (Å²) < 4.78 is 8.97. The molecule has 2 aromatic rings. The van der Waals surface area contributed by atoms with E-state index in [1.807, 2.05) is 23.1 Å². The second-order valence-corrected chi connectivity index (χ2v) is 10.3. The van der Waals surface area contributed by atoms with Gasteiger partial charge in [0, 0.05) is 79.2 Å². The van der Waals surface area contributed by atoms with Crippen LogP contribution in [0.4, 0.5) is 5.69 Å². The van der Waals surface area contributed by atoms with Gasteiger partial charge in [-0.1, -0.05) is 18.2 Å². The average molecular weight is 526 g/mol. The Morgan fingerprint density at radius 3 is 2.28 bits per heavy atom. The molecule has 0 saturated carbocycles. The van der Waals surface area contributed by atoms with Gasteiger partial charge >= 0.3 is 0 Å². The Morgan fingerprint density at radius 2 is 1.59 bits per heavy atom. The molecule has 2 aromatic carbocycles. The highest BCUT2D eigenvalue weighted by Crippen LogP contribution is 2.42. The van der Waals surface area contributed by atoms with E-state index >= 15 is 0 Å². The molecule has 0 radical (unpaired) electrons. The molecule has 1 saturated heterocycles. The lowest BCUT2D eigenvalue weighted by molar-refractivity contribution is 0.0665. The van der Waals surface area contributed by atoms with Crippen molar-refractivity contribution in [3.05, 3.63) is 71.6 Å². The van der Waals surface area contributed by atoms with Crippen molar-refractivity contribution in [2.24, 2.45) is 0 Å². The molecule has 0 unspecified atom stereocenters. The minimum absolute atomic E-state index is 0.0975. The van der Waals surface area contributed by atoms with Crippen molar-refractivity contribution in [3.8, 4) is 22.5 Å². The summed E-state index contributed by atoms with van der Waals surface area (Å²) in [5, 5.41) is 2.16. The maximum Gasteiger partial charge on any atom is 0.254 e. The number of piperazine rings is 1. The number of fused-ring (bicyclic) bond motifs is 2. The van der Waals surface area contributed by atoms with E-state index < -0.39 is 0 Å². The lowest BCUT2D eigenvalue weighted by atomic mass is 9.90. The summed E-state index contributed by atoms with van der Waals surface area (Å²) in [6.07, 6.45) is 0. The summed E-state index contributed by atoms with van der Waals surface area (Å²) in [6, 6.07) is 21.1. The van der Waals surface area contributed by atoms with Crippen molar-refractivity contribution in [2.75, 3.05) is 64.3 Å². The molecular weight excluding hydrogens is 484 g/mol. The molecule has 6 heteroatoms. The number of benzene rings is 3. The van der Waals surface area contributed by atoms with Crippen LogP contribution in [0, 0.1) is 0 Å². The molecule has 204 valence electrons. The fourth-order valence-electron chi connectivity index (χ4n) is 5.80. The average Bonchev–Trinajstić information content (AvgIpc) is 2.97. The highest BCUT2D eigenvalue weighted by atomic mass is 16.3. The Hall–Kier alpha value is -3.64. The third-order valence-corrected chi connectivity index (χ3v) is 8.16. The van der Waals surface area contributed by atoms with Crippen LogP contribution in [0.25, 0.3) is 33.4 Å². The topological polar surface area (TPSA) is 42.9 Å². The maximum atomic E-state index is 13.9. The van der Waals surface area contributed by atoms with Gasteiger partial charge in [0.15, 0.2) is 0 Å². The van der Waals surface area contributed by atoms with Crippen molar-refractivity contribution in [2.45, 2.75) is 27.7 Å². The van der Waals surface area contributed by atoms with Crippen LogP contribution in [0.3, 0.4) is 0 Å². The van der Waals surface area contributed by atoms with Gasteiger partial charge in [-0.3, -0.25) is 4.79 Å². The van der Waals surface area contributed by atoms with E-state index in [2.05, 4.69) is 91.6 Å². The number of rotatable bonds is 7. The van der Waals surface area contributed by atoms with E-state index in [4.69, 9.17) is 4.42 Å². The number of hydrogen-bond acceptors (Lipinski definition) is 4. The van der Waals surface area contributed by atoms with Crippen molar-refractivity contribution < 1.29 is 9.21 Å². The standard InChI is InChI=1S/C33H41N4O2/c1-6-35(7-2)24-14-16-28-30(22-24)39-31-23-25(36(8-3)9-4)15-17-29(31)32(28)26-12-10-11-13-27(26)33(38)37-20-18-34(5)19-21-37/h10-17,22-23H,6-9,18-21H2,1-5H3/q+1. The third-order valence-electron chi connectivity index (χ3n) is 8.16. The summed E-state index contributed by atoms with van der Waals surface area (Å²) in [5.41, 5.74) is 5.76. The number of nitrogens with zero attached hydrogens (tertiary/aromatic N) is 4. The quantitative estimate of drug-likeness (QED) is 0.244. The molecule has 1 fully saturated rings. The first kappa shape index (κ1) is 26.9. The molecule has 39 heavy (non-hydrogen) atoms. The molecule has 0 aromatic heterocycles. The van der Waals surface area contributed by atoms with E-state index in [1.165, 1.54) is 0 Å². The summed E-state index contributed by atoms with van der Waals surface area (Å²) in [7, 11) is 2.11. The smallest absolute Gasteiger partial charge is 0.254 e. The SMILES string of the molecule is CCN(CC)c1ccc2c(-c3ccccc3C(=O)N3CCN(C)CC3)c3ccc(=[N+](CC)CC)cc-3oc2c1. The molecular formula is C33H41N4O2+. The van der Waals surface area contributed by atoms with Crippen LogP contribution in [0.5, 0.6) is 0 Å². The number of likely N-dealkylation sites (N-methyl/N-ethyl adjacent to an activating group) is 1. The lowest BCUT2D eigenvalue weighted by Crippen LogP contribution is -2.47. The second kappa shape index (κ2) is 11.6. The van der Waals surface area contributed by atoms with Crippen LogP contribution in [-0.4, -0.2) is 75.1 Å². The fraction of sp³-hybridized carbons (Fsp3) is 0.394. The minimum atomic E-state index is 0.0975. The fourth-order valence-corrected chi connectivity index (χ4v) is 5.80. The van der Waals surface area contributed by atoms with E-state index in [-0.39, 0.29) is 5.91 Å². The Bertz CT molecular complexity index is 1500. The minimum Gasteiger partial charge on any atom is -0.456 e. The van der Waals surface area contributed by atoms with Crippen LogP contribution in [-0.2, 0) is 0 Å². The number of hydrogen-bond donors (Lipinski definition) is 0. The largest absolute Gasteiger partial charge is 0.456 e. The molecule has 0 atom stereocenters. The molecule has 6 nitrogen and oxygen atoms in total. The monoisotopic (exact) mass is 525 g/mol. The molecule has 1 amide bonds. The molecule has 5 rings (SSSR count). The predicted octanol–water partition coefficient (Wildman–Crippen LogP) is 5.25. The molecule has 0 bridgehead atoms. The number of amides is 1. The Morgan fingerprint density at radius 1 is 0.872 bits per heavy atom. The van der Waals surface area contributed by atoms with Gasteiger partial charge in [-0.05, 0) is 64.6 Å². The zero-order chi connectivity index (χ0) is 27.5. The van der Waals surface area contributed by atoms with Gasteiger partial charge in [0.05, 0.1) is 6.07 Å². The molecule has 2 heterocycles. The van der Waals surface area contributed by atoms with Gasteiger partial charge in [-0.15, -0.1) is 0 Å². The van der Waals surface area contributed by atoms with Crippen molar-refractivity contribution in [1.29, 1.82) is 0 Å². The van der Waals surface area contributed by atoms with Gasteiger partial charge in [0.1, 0.15) is 24.4 Å². The van der Waals surface area contributed by atoms with E-state index in [0.717, 1.165) is 102 Å². The van der Waals surface area contributed by atoms with Gasteiger partial charge in [0.2, 0.25) is 5.36 Å². The lowest BCUT2D eigenvalue weighted by Gasteiger charge is -2.33. The Kier molecular flexibility index (Phi) is 8.03. The molecule has 3 aliphatic rings. The first-order chi connectivity index (χ1) is 19.0. The maximum absolute atomic E-state index is 13.9. The highest BCUT2D eigenvalue weighted by Gasteiger charge is 2.26. The first-order valence-corrected chi connectivity index (χ1v) is 14.4. The van der Waals surface area contributed by atoms with Gasteiger partial charge < -0.3 is 19.1 Å². The summed E-state index contributed by atoms with van der Waals surface area (Å²) in [5.74, 6) is 0.931. The van der Waals surface area contributed by atoms with Gasteiger partial charge in [-0.2, -0.15) is 0 Å².